The van der Waals surface area contributed by atoms with Crippen LogP contribution in [-0.2, 0) is 9.59 Å². The van der Waals surface area contributed by atoms with Gasteiger partial charge in [-0.2, -0.15) is 0 Å². The first kappa shape index (κ1) is 18.8. The number of rotatable bonds is 4. The second kappa shape index (κ2) is 8.19. The molecule has 2 atom stereocenters. The largest absolute Gasteiger partial charge is 0.339 e. The topological polar surface area (TPSA) is 40.6 Å². The Bertz CT molecular complexity index is 888. The molecule has 4 rings (SSSR count). The summed E-state index contributed by atoms with van der Waals surface area (Å²) in [6.45, 7) is 2.34. The molecule has 0 bridgehead atoms. The molecule has 2 aliphatic rings. The van der Waals surface area contributed by atoms with Gasteiger partial charge in [-0.25, -0.2) is 0 Å². The standard InChI is InChI=1S/C23H23ClN2O2/c24-21-9-5-4-8-18(21)10-11-22(27)25-12-14-26(15-13-25)23(28)20-16-19(20)17-6-2-1-3-7-17/h1-11,19-20H,12-16H2/b11-10+/t19-,20+/m1/s1. The van der Waals surface area contributed by atoms with Crippen LogP contribution >= 0.6 is 11.6 Å². The van der Waals surface area contributed by atoms with Crippen LogP contribution in [0.2, 0.25) is 5.02 Å². The Hall–Kier alpha value is -2.59. The van der Waals surface area contributed by atoms with E-state index in [4.69, 9.17) is 11.6 Å². The lowest BCUT2D eigenvalue weighted by atomic mass is 10.1. The van der Waals surface area contributed by atoms with Crippen molar-refractivity contribution in [2.75, 3.05) is 26.2 Å². The molecule has 0 radical (unpaired) electrons. The number of carbonyl (C=O) groups excluding carboxylic acids is 2. The summed E-state index contributed by atoms with van der Waals surface area (Å²) >= 11 is 6.12. The number of benzene rings is 2. The molecule has 1 saturated heterocycles. The van der Waals surface area contributed by atoms with E-state index in [1.165, 1.54) is 5.56 Å². The summed E-state index contributed by atoms with van der Waals surface area (Å²) in [7, 11) is 0. The van der Waals surface area contributed by atoms with Crippen molar-refractivity contribution in [1.29, 1.82) is 0 Å². The Balaban J connectivity index is 1.28. The highest BCUT2D eigenvalue weighted by Crippen LogP contribution is 2.48. The summed E-state index contributed by atoms with van der Waals surface area (Å²) in [5.74, 6) is 0.643. The number of piperazine rings is 1. The predicted molar refractivity (Wildman–Crippen MR) is 111 cm³/mol. The minimum atomic E-state index is -0.0411. The maximum atomic E-state index is 12.8. The average molecular weight is 395 g/mol. The van der Waals surface area contributed by atoms with Crippen molar-refractivity contribution in [3.8, 4) is 0 Å². The molecule has 28 heavy (non-hydrogen) atoms. The van der Waals surface area contributed by atoms with E-state index >= 15 is 0 Å². The van der Waals surface area contributed by atoms with Gasteiger partial charge in [0.1, 0.15) is 0 Å². The molecule has 0 spiro atoms. The molecule has 1 saturated carbocycles. The molecule has 0 N–H and O–H groups in total. The zero-order valence-electron chi connectivity index (χ0n) is 15.6. The smallest absolute Gasteiger partial charge is 0.246 e. The summed E-state index contributed by atoms with van der Waals surface area (Å²) in [4.78, 5) is 28.9. The minimum absolute atomic E-state index is 0.0411. The Kier molecular flexibility index (Phi) is 5.49. The molecule has 2 aromatic carbocycles. The molecule has 2 aromatic rings. The first-order valence-corrected chi connectivity index (χ1v) is 10.1. The second-order valence-electron chi connectivity index (χ2n) is 7.36. The SMILES string of the molecule is O=C(/C=C/c1ccccc1Cl)N1CCN(C(=O)[C@H]2C[C@@H]2c2ccccc2)CC1. The van der Waals surface area contributed by atoms with Crippen LogP contribution in [-0.4, -0.2) is 47.8 Å². The van der Waals surface area contributed by atoms with E-state index in [0.29, 0.717) is 37.1 Å². The van der Waals surface area contributed by atoms with Gasteiger partial charge in [0.05, 0.1) is 0 Å². The van der Waals surface area contributed by atoms with Crippen molar-refractivity contribution in [2.45, 2.75) is 12.3 Å². The third-order valence-corrected chi connectivity index (χ3v) is 5.89. The van der Waals surface area contributed by atoms with Crippen LogP contribution in [0.5, 0.6) is 0 Å². The highest BCUT2D eigenvalue weighted by molar-refractivity contribution is 6.32. The van der Waals surface area contributed by atoms with Crippen LogP contribution in [0.3, 0.4) is 0 Å². The van der Waals surface area contributed by atoms with Gasteiger partial charge in [0, 0.05) is 43.2 Å². The molecular weight excluding hydrogens is 372 g/mol. The Morgan fingerprint density at radius 1 is 0.893 bits per heavy atom. The lowest BCUT2D eigenvalue weighted by Gasteiger charge is -2.34. The zero-order chi connectivity index (χ0) is 19.5. The maximum Gasteiger partial charge on any atom is 0.246 e. The summed E-state index contributed by atoms with van der Waals surface area (Å²) in [5, 5.41) is 0.624. The van der Waals surface area contributed by atoms with E-state index < -0.39 is 0 Å². The normalized spacial score (nSPS) is 21.8. The lowest BCUT2D eigenvalue weighted by Crippen LogP contribution is -2.50. The number of amides is 2. The fourth-order valence-corrected chi connectivity index (χ4v) is 3.99. The zero-order valence-corrected chi connectivity index (χ0v) is 16.4. The van der Waals surface area contributed by atoms with E-state index in [2.05, 4.69) is 12.1 Å². The van der Waals surface area contributed by atoms with E-state index in [0.717, 1.165) is 12.0 Å². The van der Waals surface area contributed by atoms with E-state index in [-0.39, 0.29) is 17.7 Å². The summed E-state index contributed by atoms with van der Waals surface area (Å²) < 4.78 is 0. The van der Waals surface area contributed by atoms with Crippen molar-refractivity contribution in [1.82, 2.24) is 9.80 Å². The van der Waals surface area contributed by atoms with Gasteiger partial charge in [-0.15, -0.1) is 0 Å². The Morgan fingerprint density at radius 3 is 2.25 bits per heavy atom. The number of halogens is 1. The van der Waals surface area contributed by atoms with Crippen LogP contribution in [0.1, 0.15) is 23.5 Å². The van der Waals surface area contributed by atoms with Crippen LogP contribution in [0.25, 0.3) is 6.08 Å². The van der Waals surface area contributed by atoms with Gasteiger partial charge in [-0.1, -0.05) is 60.1 Å². The molecule has 0 aromatic heterocycles. The van der Waals surface area contributed by atoms with Crippen molar-refractivity contribution >= 4 is 29.5 Å². The average Bonchev–Trinajstić information content (AvgIpc) is 3.54. The number of hydrogen-bond acceptors (Lipinski definition) is 2. The van der Waals surface area contributed by atoms with E-state index in [1.807, 2.05) is 41.3 Å². The van der Waals surface area contributed by atoms with Crippen molar-refractivity contribution < 1.29 is 9.59 Å². The van der Waals surface area contributed by atoms with Gasteiger partial charge in [0.15, 0.2) is 0 Å². The van der Waals surface area contributed by atoms with Crippen molar-refractivity contribution in [3.63, 3.8) is 0 Å². The van der Waals surface area contributed by atoms with Gasteiger partial charge in [-0.05, 0) is 35.6 Å². The van der Waals surface area contributed by atoms with Crippen molar-refractivity contribution in [2.24, 2.45) is 5.92 Å². The van der Waals surface area contributed by atoms with E-state index in [1.54, 1.807) is 23.1 Å². The van der Waals surface area contributed by atoms with Crippen LogP contribution in [0.4, 0.5) is 0 Å². The molecule has 2 amide bonds. The minimum Gasteiger partial charge on any atom is -0.339 e. The molecule has 2 fully saturated rings. The molecule has 1 heterocycles. The molecule has 5 heteroatoms. The first-order chi connectivity index (χ1) is 13.6. The molecule has 4 nitrogen and oxygen atoms in total. The maximum absolute atomic E-state index is 12.8. The highest BCUT2D eigenvalue weighted by atomic mass is 35.5. The van der Waals surface area contributed by atoms with Gasteiger partial charge in [0.25, 0.3) is 0 Å². The summed E-state index contributed by atoms with van der Waals surface area (Å²) in [6, 6.07) is 17.7. The fraction of sp³-hybridized carbons (Fsp3) is 0.304. The Morgan fingerprint density at radius 2 is 1.54 bits per heavy atom. The quantitative estimate of drug-likeness (QED) is 0.739. The number of carbonyl (C=O) groups is 2. The van der Waals surface area contributed by atoms with Gasteiger partial charge in [-0.3, -0.25) is 9.59 Å². The Labute approximate surface area is 170 Å². The van der Waals surface area contributed by atoms with Gasteiger partial charge < -0.3 is 9.80 Å². The molecule has 144 valence electrons. The third-order valence-electron chi connectivity index (χ3n) is 5.55. The van der Waals surface area contributed by atoms with Gasteiger partial charge in [0.2, 0.25) is 11.8 Å². The number of hydrogen-bond donors (Lipinski definition) is 0. The molecule has 1 aliphatic carbocycles. The van der Waals surface area contributed by atoms with Crippen molar-refractivity contribution in [3.05, 3.63) is 76.8 Å². The third kappa shape index (κ3) is 4.12. The highest BCUT2D eigenvalue weighted by Gasteiger charge is 2.46. The van der Waals surface area contributed by atoms with Crippen LogP contribution in [0.15, 0.2) is 60.7 Å². The summed E-state index contributed by atoms with van der Waals surface area (Å²) in [6.07, 6.45) is 4.24. The van der Waals surface area contributed by atoms with E-state index in [9.17, 15) is 9.59 Å². The number of nitrogens with zero attached hydrogens (tertiary/aromatic N) is 2. The lowest BCUT2D eigenvalue weighted by molar-refractivity contribution is -0.138. The summed E-state index contributed by atoms with van der Waals surface area (Å²) in [5.41, 5.74) is 2.08. The fourth-order valence-electron chi connectivity index (χ4n) is 3.80. The predicted octanol–water partition coefficient (Wildman–Crippen LogP) is 3.83. The van der Waals surface area contributed by atoms with Crippen LogP contribution in [0, 0.1) is 5.92 Å². The molecule has 0 unspecified atom stereocenters. The first-order valence-electron chi connectivity index (χ1n) is 9.69. The van der Waals surface area contributed by atoms with Gasteiger partial charge >= 0.3 is 0 Å². The van der Waals surface area contributed by atoms with Crippen LogP contribution < -0.4 is 0 Å². The second-order valence-corrected chi connectivity index (χ2v) is 7.77. The monoisotopic (exact) mass is 394 g/mol. The molecule has 1 aliphatic heterocycles. The molecular formula is C23H23ClN2O2.